The molecule has 6 nitrogen and oxygen atoms in total. The van der Waals surface area contributed by atoms with Crippen LogP contribution >= 0.6 is 0 Å². The van der Waals surface area contributed by atoms with E-state index >= 15 is 0 Å². The summed E-state index contributed by atoms with van der Waals surface area (Å²) in [5, 5.41) is 2.92. The van der Waals surface area contributed by atoms with E-state index in [1.807, 2.05) is 19.0 Å². The number of rotatable bonds is 6. The molecule has 1 aliphatic heterocycles. The summed E-state index contributed by atoms with van der Waals surface area (Å²) in [6.45, 7) is 2.20. The maximum atomic E-state index is 12.5. The van der Waals surface area contributed by atoms with Crippen LogP contribution in [0.2, 0.25) is 0 Å². The number of carbonyl (C=O) groups excluding carboxylic acids is 1. The van der Waals surface area contributed by atoms with Gasteiger partial charge in [-0.2, -0.15) is 4.31 Å². The number of nitrogens with one attached hydrogen (secondary N) is 1. The first-order valence-corrected chi connectivity index (χ1v) is 9.33. The van der Waals surface area contributed by atoms with Gasteiger partial charge in [-0.1, -0.05) is 18.2 Å². The zero-order valence-corrected chi connectivity index (χ0v) is 14.6. The topological polar surface area (TPSA) is 69.7 Å². The zero-order valence-electron chi connectivity index (χ0n) is 13.7. The fourth-order valence-corrected chi connectivity index (χ4v) is 4.14. The van der Waals surface area contributed by atoms with Crippen LogP contribution in [0.1, 0.15) is 12.8 Å². The van der Waals surface area contributed by atoms with Crippen molar-refractivity contribution in [3.05, 3.63) is 30.3 Å². The average Bonchev–Trinajstić information content (AvgIpc) is 2.55. The summed E-state index contributed by atoms with van der Waals surface area (Å²) in [6, 6.07) is 8.45. The molecule has 1 saturated heterocycles. The monoisotopic (exact) mass is 339 g/mol. The Bertz CT molecular complexity index is 609. The van der Waals surface area contributed by atoms with Crippen LogP contribution < -0.4 is 5.32 Å². The van der Waals surface area contributed by atoms with E-state index in [1.165, 1.54) is 4.31 Å². The molecule has 128 valence electrons. The summed E-state index contributed by atoms with van der Waals surface area (Å²) >= 11 is 0. The smallest absolute Gasteiger partial charge is 0.243 e. The number of piperidine rings is 1. The quantitative estimate of drug-likeness (QED) is 0.831. The van der Waals surface area contributed by atoms with Crippen molar-refractivity contribution < 1.29 is 13.2 Å². The average molecular weight is 339 g/mol. The van der Waals surface area contributed by atoms with Gasteiger partial charge in [0.25, 0.3) is 0 Å². The van der Waals surface area contributed by atoms with Gasteiger partial charge in [-0.3, -0.25) is 4.79 Å². The molecule has 0 spiro atoms. The number of sulfonamides is 1. The number of benzene rings is 1. The van der Waals surface area contributed by atoms with Crippen molar-refractivity contribution >= 4 is 15.9 Å². The highest BCUT2D eigenvalue weighted by molar-refractivity contribution is 7.89. The van der Waals surface area contributed by atoms with Gasteiger partial charge in [-0.15, -0.1) is 0 Å². The number of hydrogen-bond acceptors (Lipinski definition) is 4. The minimum Gasteiger partial charge on any atom is -0.355 e. The van der Waals surface area contributed by atoms with Crippen LogP contribution in [0.3, 0.4) is 0 Å². The molecule has 1 aromatic carbocycles. The van der Waals surface area contributed by atoms with Crippen LogP contribution in [-0.2, 0) is 14.8 Å². The molecule has 0 saturated carbocycles. The third-order valence-electron chi connectivity index (χ3n) is 4.06. The molecule has 0 radical (unpaired) electrons. The molecule has 23 heavy (non-hydrogen) atoms. The first-order chi connectivity index (χ1) is 10.9. The van der Waals surface area contributed by atoms with Crippen molar-refractivity contribution in [1.82, 2.24) is 14.5 Å². The van der Waals surface area contributed by atoms with Gasteiger partial charge >= 0.3 is 0 Å². The highest BCUT2D eigenvalue weighted by Crippen LogP contribution is 2.23. The minimum atomic E-state index is -3.44. The van der Waals surface area contributed by atoms with E-state index in [0.717, 1.165) is 6.54 Å². The molecule has 1 fully saturated rings. The second-order valence-corrected chi connectivity index (χ2v) is 8.02. The molecular weight excluding hydrogens is 314 g/mol. The first-order valence-electron chi connectivity index (χ1n) is 7.89. The van der Waals surface area contributed by atoms with Gasteiger partial charge in [0.1, 0.15) is 0 Å². The predicted octanol–water partition coefficient (Wildman–Crippen LogP) is 0.765. The Kier molecular flexibility index (Phi) is 6.15. The molecule has 0 aromatic heterocycles. The van der Waals surface area contributed by atoms with E-state index in [2.05, 4.69) is 5.32 Å². The molecule has 1 heterocycles. The Hall–Kier alpha value is -1.44. The predicted molar refractivity (Wildman–Crippen MR) is 89.5 cm³/mol. The highest BCUT2D eigenvalue weighted by atomic mass is 32.2. The SMILES string of the molecule is CN(C)CCNC(=O)C1CCN(S(=O)(=O)c2ccccc2)CC1. The lowest BCUT2D eigenvalue weighted by Crippen LogP contribution is -2.43. The van der Waals surface area contributed by atoms with E-state index < -0.39 is 10.0 Å². The van der Waals surface area contributed by atoms with Gasteiger partial charge < -0.3 is 10.2 Å². The highest BCUT2D eigenvalue weighted by Gasteiger charge is 2.31. The van der Waals surface area contributed by atoms with Crippen LogP contribution in [0.4, 0.5) is 0 Å². The molecule has 1 aliphatic rings. The fourth-order valence-electron chi connectivity index (χ4n) is 2.65. The Labute approximate surface area is 138 Å². The molecule has 0 unspecified atom stereocenters. The normalized spacial score (nSPS) is 17.3. The van der Waals surface area contributed by atoms with E-state index in [0.29, 0.717) is 37.4 Å². The number of amides is 1. The van der Waals surface area contributed by atoms with Crippen LogP contribution in [0.15, 0.2) is 35.2 Å². The van der Waals surface area contributed by atoms with Crippen LogP contribution in [-0.4, -0.2) is 63.8 Å². The summed E-state index contributed by atoms with van der Waals surface area (Å²) in [4.78, 5) is 14.4. The lowest BCUT2D eigenvalue weighted by Gasteiger charge is -2.30. The van der Waals surface area contributed by atoms with Crippen molar-refractivity contribution in [2.24, 2.45) is 5.92 Å². The third kappa shape index (κ3) is 4.76. The summed E-state index contributed by atoms with van der Waals surface area (Å²) in [5.41, 5.74) is 0. The summed E-state index contributed by atoms with van der Waals surface area (Å²) in [7, 11) is 0.470. The summed E-state index contributed by atoms with van der Waals surface area (Å²) < 4.78 is 26.5. The van der Waals surface area contributed by atoms with Crippen molar-refractivity contribution in [2.75, 3.05) is 40.3 Å². The Morgan fingerprint density at radius 3 is 2.39 bits per heavy atom. The van der Waals surface area contributed by atoms with Gasteiger partial charge in [0.2, 0.25) is 15.9 Å². The van der Waals surface area contributed by atoms with Gasteiger partial charge in [0, 0.05) is 32.1 Å². The molecule has 7 heteroatoms. The van der Waals surface area contributed by atoms with Crippen molar-refractivity contribution in [2.45, 2.75) is 17.7 Å². The van der Waals surface area contributed by atoms with E-state index in [9.17, 15) is 13.2 Å². The zero-order chi connectivity index (χ0) is 16.9. The van der Waals surface area contributed by atoms with Crippen LogP contribution in [0.5, 0.6) is 0 Å². The third-order valence-corrected chi connectivity index (χ3v) is 5.98. The number of carbonyl (C=O) groups is 1. The Morgan fingerprint density at radius 1 is 1.22 bits per heavy atom. The number of likely N-dealkylation sites (N-methyl/N-ethyl adjacent to an activating group) is 1. The number of nitrogens with zero attached hydrogens (tertiary/aromatic N) is 2. The minimum absolute atomic E-state index is 0.0311. The molecule has 0 aliphatic carbocycles. The first kappa shape index (κ1) is 17.9. The Morgan fingerprint density at radius 2 is 1.83 bits per heavy atom. The maximum absolute atomic E-state index is 12.5. The summed E-state index contributed by atoms with van der Waals surface area (Å²) in [6.07, 6.45) is 1.14. The lowest BCUT2D eigenvalue weighted by atomic mass is 9.97. The van der Waals surface area contributed by atoms with E-state index in [-0.39, 0.29) is 11.8 Å². The lowest BCUT2D eigenvalue weighted by molar-refractivity contribution is -0.126. The molecule has 1 aromatic rings. The van der Waals surface area contributed by atoms with Crippen LogP contribution in [0, 0.1) is 5.92 Å². The van der Waals surface area contributed by atoms with E-state index in [1.54, 1.807) is 30.3 Å². The van der Waals surface area contributed by atoms with Gasteiger partial charge in [-0.25, -0.2) is 8.42 Å². The van der Waals surface area contributed by atoms with E-state index in [4.69, 9.17) is 0 Å². The molecule has 1 N–H and O–H groups in total. The standard InChI is InChI=1S/C16H25N3O3S/c1-18(2)13-10-17-16(20)14-8-11-19(12-9-14)23(21,22)15-6-4-3-5-7-15/h3-7,14H,8-13H2,1-2H3,(H,17,20). The fraction of sp³-hybridized carbons (Fsp3) is 0.562. The van der Waals surface area contributed by atoms with Gasteiger partial charge in [-0.05, 0) is 39.1 Å². The van der Waals surface area contributed by atoms with Crippen molar-refractivity contribution in [3.8, 4) is 0 Å². The largest absolute Gasteiger partial charge is 0.355 e. The second kappa shape index (κ2) is 7.90. The van der Waals surface area contributed by atoms with Crippen LogP contribution in [0.25, 0.3) is 0 Å². The van der Waals surface area contributed by atoms with Crippen molar-refractivity contribution in [1.29, 1.82) is 0 Å². The second-order valence-electron chi connectivity index (χ2n) is 6.09. The molecular formula is C16H25N3O3S. The Balaban J connectivity index is 1.87. The van der Waals surface area contributed by atoms with Gasteiger partial charge in [0.15, 0.2) is 0 Å². The maximum Gasteiger partial charge on any atom is 0.243 e. The molecule has 0 atom stereocenters. The molecule has 0 bridgehead atoms. The molecule has 1 amide bonds. The van der Waals surface area contributed by atoms with Gasteiger partial charge in [0.05, 0.1) is 4.90 Å². The van der Waals surface area contributed by atoms with Crippen molar-refractivity contribution in [3.63, 3.8) is 0 Å². The molecule has 2 rings (SSSR count). The number of hydrogen-bond donors (Lipinski definition) is 1. The summed E-state index contributed by atoms with van der Waals surface area (Å²) in [5.74, 6) is -0.0667.